The Morgan fingerprint density at radius 3 is 2.60 bits per heavy atom. The normalized spacial score (nSPS) is 18.3. The van der Waals surface area contributed by atoms with E-state index in [0.29, 0.717) is 55.1 Å². The first kappa shape index (κ1) is 23.1. The van der Waals surface area contributed by atoms with Gasteiger partial charge in [-0.1, -0.05) is 0 Å². The molecule has 1 fully saturated rings. The molecule has 1 saturated heterocycles. The van der Waals surface area contributed by atoms with Crippen molar-refractivity contribution in [1.82, 2.24) is 24.8 Å². The number of halogens is 3. The van der Waals surface area contributed by atoms with Gasteiger partial charge in [0.25, 0.3) is 12.3 Å². The lowest BCUT2D eigenvalue weighted by Crippen LogP contribution is -2.46. The number of imidazole rings is 1. The average Bonchev–Trinajstić information content (AvgIpc) is 3.23. The summed E-state index contributed by atoms with van der Waals surface area (Å²) in [6.07, 6.45) is -2.79. The zero-order chi connectivity index (χ0) is 24.9. The third-order valence-corrected chi connectivity index (χ3v) is 6.50. The van der Waals surface area contributed by atoms with E-state index >= 15 is 0 Å². The van der Waals surface area contributed by atoms with Gasteiger partial charge in [-0.3, -0.25) is 14.5 Å². The van der Waals surface area contributed by atoms with E-state index in [9.17, 15) is 22.8 Å². The fourth-order valence-corrected chi connectivity index (χ4v) is 4.72. The SMILES string of the molecule is CNC(=O)c1ccc(N2CCN(Cc3cc4c5c(c3)nc(C(F)F)n5[C@H](C)C(=O)N4)CC2)c(F)n1. The molecule has 1 aromatic carbocycles. The van der Waals surface area contributed by atoms with Gasteiger partial charge >= 0.3 is 0 Å². The molecule has 3 aromatic rings. The molecule has 0 saturated carbocycles. The molecule has 0 radical (unpaired) electrons. The highest BCUT2D eigenvalue weighted by molar-refractivity contribution is 6.05. The molecule has 184 valence electrons. The molecule has 4 heterocycles. The van der Waals surface area contributed by atoms with Crippen molar-refractivity contribution in [3.8, 4) is 0 Å². The highest BCUT2D eigenvalue weighted by Crippen LogP contribution is 2.37. The summed E-state index contributed by atoms with van der Waals surface area (Å²) in [5.41, 5.74) is 2.59. The van der Waals surface area contributed by atoms with E-state index in [1.54, 1.807) is 25.1 Å². The number of amides is 2. The number of aromatic nitrogens is 3. The number of benzene rings is 1. The lowest BCUT2D eigenvalue weighted by Gasteiger charge is -2.36. The monoisotopic (exact) mass is 487 g/mol. The maximum Gasteiger partial charge on any atom is 0.295 e. The first-order valence-corrected chi connectivity index (χ1v) is 11.3. The van der Waals surface area contributed by atoms with Crippen LogP contribution in [0.1, 0.15) is 41.3 Å². The molecular formula is C23H24F3N7O2. The molecule has 35 heavy (non-hydrogen) atoms. The van der Waals surface area contributed by atoms with Crippen LogP contribution in [0.2, 0.25) is 0 Å². The fraction of sp³-hybridized carbons (Fsp3) is 0.391. The standard InChI is InChI=1S/C23H24F3N7O2/c1-12-22(34)30-16-10-13(9-15-18(16)33(12)21(29-15)19(24)25)11-31-5-7-32(8-6-31)17-4-3-14(23(35)27-2)28-20(17)26/h3-4,9-10,12,19H,5-8,11H2,1-2H3,(H,27,35)(H,30,34)/t12-/m1/s1. The van der Waals surface area contributed by atoms with Crippen molar-refractivity contribution in [3.63, 3.8) is 0 Å². The first-order chi connectivity index (χ1) is 16.8. The van der Waals surface area contributed by atoms with Gasteiger partial charge in [0, 0.05) is 39.8 Å². The van der Waals surface area contributed by atoms with Crippen molar-refractivity contribution in [3.05, 3.63) is 47.3 Å². The van der Waals surface area contributed by atoms with Gasteiger partial charge in [-0.05, 0) is 36.8 Å². The van der Waals surface area contributed by atoms with Crippen LogP contribution < -0.4 is 15.5 Å². The van der Waals surface area contributed by atoms with Gasteiger partial charge in [-0.2, -0.15) is 4.39 Å². The molecule has 2 N–H and O–H groups in total. The van der Waals surface area contributed by atoms with Gasteiger partial charge in [0.2, 0.25) is 11.9 Å². The second-order valence-electron chi connectivity index (χ2n) is 8.67. The van der Waals surface area contributed by atoms with Crippen LogP contribution in [0.4, 0.5) is 24.5 Å². The van der Waals surface area contributed by atoms with Crippen LogP contribution >= 0.6 is 0 Å². The molecule has 9 nitrogen and oxygen atoms in total. The van der Waals surface area contributed by atoms with E-state index < -0.39 is 30.1 Å². The molecule has 0 spiro atoms. The average molecular weight is 487 g/mol. The Morgan fingerprint density at radius 1 is 1.20 bits per heavy atom. The third kappa shape index (κ3) is 4.07. The Bertz CT molecular complexity index is 1320. The first-order valence-electron chi connectivity index (χ1n) is 11.3. The number of alkyl halides is 2. The second kappa shape index (κ2) is 8.84. The summed E-state index contributed by atoms with van der Waals surface area (Å²) in [5, 5.41) is 5.23. The van der Waals surface area contributed by atoms with Crippen LogP contribution in [-0.4, -0.2) is 64.5 Å². The molecular weight excluding hydrogens is 463 g/mol. The number of carbonyl (C=O) groups excluding carboxylic acids is 2. The maximum atomic E-state index is 14.5. The van der Waals surface area contributed by atoms with Crippen molar-refractivity contribution in [2.24, 2.45) is 0 Å². The third-order valence-electron chi connectivity index (χ3n) is 6.50. The molecule has 5 rings (SSSR count). The van der Waals surface area contributed by atoms with Gasteiger partial charge in [0.05, 0.1) is 22.4 Å². The van der Waals surface area contributed by atoms with E-state index in [1.165, 1.54) is 17.7 Å². The minimum Gasteiger partial charge on any atom is -0.365 e. The van der Waals surface area contributed by atoms with Crippen LogP contribution in [0.15, 0.2) is 24.3 Å². The maximum absolute atomic E-state index is 14.5. The Morgan fingerprint density at radius 2 is 1.94 bits per heavy atom. The summed E-state index contributed by atoms with van der Waals surface area (Å²) >= 11 is 0. The molecule has 2 aliphatic rings. The summed E-state index contributed by atoms with van der Waals surface area (Å²) in [6, 6.07) is 5.86. The fourth-order valence-electron chi connectivity index (χ4n) is 4.72. The molecule has 0 aliphatic carbocycles. The zero-order valence-corrected chi connectivity index (χ0v) is 19.2. The van der Waals surface area contributed by atoms with Gasteiger partial charge in [-0.15, -0.1) is 0 Å². The number of anilines is 2. The lowest BCUT2D eigenvalue weighted by molar-refractivity contribution is -0.119. The van der Waals surface area contributed by atoms with Crippen LogP contribution in [0, 0.1) is 5.95 Å². The molecule has 0 unspecified atom stereocenters. The van der Waals surface area contributed by atoms with Crippen LogP contribution in [0.5, 0.6) is 0 Å². The second-order valence-corrected chi connectivity index (χ2v) is 8.67. The number of hydrogen-bond acceptors (Lipinski definition) is 6. The van der Waals surface area contributed by atoms with Crippen LogP contribution in [0.3, 0.4) is 0 Å². The van der Waals surface area contributed by atoms with Crippen molar-refractivity contribution >= 4 is 34.2 Å². The summed E-state index contributed by atoms with van der Waals surface area (Å²) in [5.74, 6) is -1.91. The van der Waals surface area contributed by atoms with E-state index in [0.717, 1.165) is 5.56 Å². The number of nitrogens with one attached hydrogen (secondary N) is 2. The minimum absolute atomic E-state index is 0.0191. The smallest absolute Gasteiger partial charge is 0.295 e. The highest BCUT2D eigenvalue weighted by Gasteiger charge is 2.32. The topological polar surface area (TPSA) is 95.4 Å². The number of piperazine rings is 1. The molecule has 2 aromatic heterocycles. The predicted octanol–water partition coefficient (Wildman–Crippen LogP) is 2.70. The summed E-state index contributed by atoms with van der Waals surface area (Å²) in [6.45, 7) is 4.45. The summed E-state index contributed by atoms with van der Waals surface area (Å²) < 4.78 is 43.0. The molecule has 0 bridgehead atoms. The number of pyridine rings is 1. The molecule has 12 heteroatoms. The number of nitrogens with zero attached hydrogens (tertiary/aromatic N) is 5. The number of carbonyl (C=O) groups is 2. The summed E-state index contributed by atoms with van der Waals surface area (Å²) in [7, 11) is 1.46. The highest BCUT2D eigenvalue weighted by atomic mass is 19.3. The summed E-state index contributed by atoms with van der Waals surface area (Å²) in [4.78, 5) is 35.9. The van der Waals surface area contributed by atoms with E-state index in [-0.39, 0.29) is 11.6 Å². The van der Waals surface area contributed by atoms with Gasteiger partial charge in [0.1, 0.15) is 11.7 Å². The van der Waals surface area contributed by atoms with E-state index in [2.05, 4.69) is 25.5 Å². The predicted molar refractivity (Wildman–Crippen MR) is 123 cm³/mol. The lowest BCUT2D eigenvalue weighted by atomic mass is 10.1. The Labute approximate surface area is 198 Å². The zero-order valence-electron chi connectivity index (χ0n) is 19.2. The number of rotatable bonds is 5. The molecule has 2 amide bonds. The van der Waals surface area contributed by atoms with E-state index in [1.807, 2.05) is 4.90 Å². The van der Waals surface area contributed by atoms with Crippen LogP contribution in [0.25, 0.3) is 11.0 Å². The Hall–Kier alpha value is -3.67. The van der Waals surface area contributed by atoms with Crippen LogP contribution in [-0.2, 0) is 11.3 Å². The molecule has 1 atom stereocenters. The van der Waals surface area contributed by atoms with Gasteiger partial charge in [-0.25, -0.2) is 18.7 Å². The van der Waals surface area contributed by atoms with Crippen molar-refractivity contribution < 1.29 is 22.8 Å². The number of hydrogen-bond donors (Lipinski definition) is 2. The van der Waals surface area contributed by atoms with Crippen molar-refractivity contribution in [2.45, 2.75) is 25.9 Å². The van der Waals surface area contributed by atoms with Gasteiger partial charge in [0.15, 0.2) is 5.82 Å². The van der Waals surface area contributed by atoms with Gasteiger partial charge < -0.3 is 20.1 Å². The molecule has 2 aliphatic heterocycles. The minimum atomic E-state index is -2.79. The van der Waals surface area contributed by atoms with E-state index in [4.69, 9.17) is 0 Å². The van der Waals surface area contributed by atoms with Crippen molar-refractivity contribution in [1.29, 1.82) is 0 Å². The Kier molecular flexibility index (Phi) is 5.83. The quantitative estimate of drug-likeness (QED) is 0.538. The van der Waals surface area contributed by atoms with Crippen molar-refractivity contribution in [2.75, 3.05) is 43.4 Å². The largest absolute Gasteiger partial charge is 0.365 e. The Balaban J connectivity index is 1.32.